The van der Waals surface area contributed by atoms with E-state index in [4.69, 9.17) is 9.84 Å². The van der Waals surface area contributed by atoms with Crippen molar-refractivity contribution in [2.45, 2.75) is 39.5 Å². The summed E-state index contributed by atoms with van der Waals surface area (Å²) in [5.41, 5.74) is 1.21. The van der Waals surface area contributed by atoms with Crippen molar-refractivity contribution in [3.63, 3.8) is 0 Å². The van der Waals surface area contributed by atoms with Gasteiger partial charge in [0, 0.05) is 6.54 Å². The summed E-state index contributed by atoms with van der Waals surface area (Å²) in [6, 6.07) is 7.61. The molecule has 5 nitrogen and oxygen atoms in total. The Morgan fingerprint density at radius 3 is 2.36 bits per heavy atom. The Balaban J connectivity index is 2.37. The Morgan fingerprint density at radius 1 is 1.23 bits per heavy atom. The second kappa shape index (κ2) is 9.07. The summed E-state index contributed by atoms with van der Waals surface area (Å²) in [7, 11) is 0. The number of nitrogens with one attached hydrogen (secondary N) is 1. The van der Waals surface area contributed by atoms with Gasteiger partial charge < -0.3 is 15.2 Å². The van der Waals surface area contributed by atoms with Gasteiger partial charge in [-0.15, -0.1) is 0 Å². The van der Waals surface area contributed by atoms with E-state index in [0.29, 0.717) is 18.1 Å². The fourth-order valence-corrected chi connectivity index (χ4v) is 2.05. The maximum atomic E-state index is 11.7. The maximum Gasteiger partial charge on any atom is 0.308 e. The van der Waals surface area contributed by atoms with Crippen molar-refractivity contribution in [2.24, 2.45) is 5.92 Å². The fourth-order valence-electron chi connectivity index (χ4n) is 2.05. The monoisotopic (exact) mass is 307 g/mol. The standard InChI is InChI=1S/C17H25NO4/c1-4-5-14(17(20)21)10-18-16(19)11-22-15-8-6-13(7-9-15)12(2)3/h6-9,12,14H,4-5,10-11H2,1-3H3,(H,18,19)(H,20,21). The molecule has 1 rings (SSSR count). The maximum absolute atomic E-state index is 11.7. The molecule has 0 aliphatic rings. The molecular weight excluding hydrogens is 282 g/mol. The van der Waals surface area contributed by atoms with E-state index in [1.54, 1.807) is 0 Å². The Labute approximate surface area is 131 Å². The Bertz CT molecular complexity index is 482. The van der Waals surface area contributed by atoms with Crippen LogP contribution in [0, 0.1) is 5.92 Å². The number of carbonyl (C=O) groups excluding carboxylic acids is 1. The molecule has 0 aromatic heterocycles. The van der Waals surface area contributed by atoms with Crippen LogP contribution in [-0.4, -0.2) is 30.1 Å². The molecule has 5 heteroatoms. The van der Waals surface area contributed by atoms with Crippen LogP contribution < -0.4 is 10.1 Å². The lowest BCUT2D eigenvalue weighted by Crippen LogP contribution is -2.35. The normalized spacial score (nSPS) is 12.0. The van der Waals surface area contributed by atoms with Crippen molar-refractivity contribution >= 4 is 11.9 Å². The van der Waals surface area contributed by atoms with Crippen LogP contribution in [0.1, 0.15) is 45.1 Å². The molecule has 0 bridgehead atoms. The summed E-state index contributed by atoms with van der Waals surface area (Å²) in [6.45, 7) is 6.16. The van der Waals surface area contributed by atoms with Gasteiger partial charge in [-0.2, -0.15) is 0 Å². The van der Waals surface area contributed by atoms with Crippen molar-refractivity contribution in [3.05, 3.63) is 29.8 Å². The third-order valence-corrected chi connectivity index (χ3v) is 3.45. The minimum Gasteiger partial charge on any atom is -0.484 e. The van der Waals surface area contributed by atoms with E-state index in [1.807, 2.05) is 31.2 Å². The van der Waals surface area contributed by atoms with Crippen LogP contribution in [-0.2, 0) is 9.59 Å². The molecule has 0 aliphatic heterocycles. The van der Waals surface area contributed by atoms with E-state index < -0.39 is 11.9 Å². The van der Waals surface area contributed by atoms with Crippen molar-refractivity contribution in [2.75, 3.05) is 13.2 Å². The summed E-state index contributed by atoms with van der Waals surface area (Å²) in [5, 5.41) is 11.6. The molecule has 1 unspecified atom stereocenters. The van der Waals surface area contributed by atoms with Crippen LogP contribution in [0.3, 0.4) is 0 Å². The van der Waals surface area contributed by atoms with Gasteiger partial charge in [0.1, 0.15) is 5.75 Å². The zero-order valence-electron chi connectivity index (χ0n) is 13.5. The lowest BCUT2D eigenvalue weighted by molar-refractivity contribution is -0.142. The third kappa shape index (κ3) is 6.16. The van der Waals surface area contributed by atoms with Gasteiger partial charge in [-0.25, -0.2) is 0 Å². The summed E-state index contributed by atoms with van der Waals surface area (Å²) in [5.74, 6) is -0.659. The highest BCUT2D eigenvalue weighted by Gasteiger charge is 2.17. The minimum atomic E-state index is -0.882. The second-order valence-corrected chi connectivity index (χ2v) is 5.64. The summed E-state index contributed by atoms with van der Waals surface area (Å²) < 4.78 is 5.40. The summed E-state index contributed by atoms with van der Waals surface area (Å²) in [4.78, 5) is 22.7. The molecule has 1 aromatic rings. The highest BCUT2D eigenvalue weighted by atomic mass is 16.5. The van der Waals surface area contributed by atoms with E-state index in [-0.39, 0.29) is 19.1 Å². The van der Waals surface area contributed by atoms with E-state index >= 15 is 0 Å². The molecule has 0 saturated carbocycles. The molecular formula is C17H25NO4. The van der Waals surface area contributed by atoms with Crippen LogP contribution in [0.2, 0.25) is 0 Å². The average molecular weight is 307 g/mol. The fraction of sp³-hybridized carbons (Fsp3) is 0.529. The number of aliphatic carboxylic acids is 1. The first kappa shape index (κ1) is 18.0. The van der Waals surface area contributed by atoms with Gasteiger partial charge in [-0.05, 0) is 30.0 Å². The number of ether oxygens (including phenoxy) is 1. The van der Waals surface area contributed by atoms with E-state index in [2.05, 4.69) is 19.2 Å². The first-order chi connectivity index (χ1) is 10.4. The second-order valence-electron chi connectivity index (χ2n) is 5.64. The number of rotatable bonds is 9. The number of benzene rings is 1. The van der Waals surface area contributed by atoms with Gasteiger partial charge in [0.2, 0.25) is 0 Å². The smallest absolute Gasteiger partial charge is 0.308 e. The number of hydrogen-bond donors (Lipinski definition) is 2. The van der Waals surface area contributed by atoms with Crippen molar-refractivity contribution in [3.8, 4) is 5.75 Å². The quantitative estimate of drug-likeness (QED) is 0.735. The zero-order chi connectivity index (χ0) is 16.5. The topological polar surface area (TPSA) is 75.6 Å². The molecule has 1 amide bonds. The molecule has 2 N–H and O–H groups in total. The minimum absolute atomic E-state index is 0.112. The van der Waals surface area contributed by atoms with Crippen molar-refractivity contribution in [1.29, 1.82) is 0 Å². The van der Waals surface area contributed by atoms with E-state index in [0.717, 1.165) is 6.42 Å². The predicted molar refractivity (Wildman–Crippen MR) is 85.1 cm³/mol. The number of carbonyl (C=O) groups is 2. The first-order valence-electron chi connectivity index (χ1n) is 7.66. The number of hydrogen-bond acceptors (Lipinski definition) is 3. The van der Waals surface area contributed by atoms with Crippen LogP contribution >= 0.6 is 0 Å². The van der Waals surface area contributed by atoms with E-state index in [1.165, 1.54) is 5.56 Å². The van der Waals surface area contributed by atoms with Gasteiger partial charge in [0.25, 0.3) is 5.91 Å². The summed E-state index contributed by atoms with van der Waals surface area (Å²) in [6.07, 6.45) is 1.32. The van der Waals surface area contributed by atoms with E-state index in [9.17, 15) is 9.59 Å². The molecule has 0 spiro atoms. The lowest BCUT2D eigenvalue weighted by Gasteiger charge is -2.13. The highest BCUT2D eigenvalue weighted by Crippen LogP contribution is 2.18. The Morgan fingerprint density at radius 2 is 1.86 bits per heavy atom. The molecule has 122 valence electrons. The first-order valence-corrected chi connectivity index (χ1v) is 7.66. The van der Waals surface area contributed by atoms with Crippen LogP contribution in [0.4, 0.5) is 0 Å². The predicted octanol–water partition coefficient (Wildman–Crippen LogP) is 2.81. The highest BCUT2D eigenvalue weighted by molar-refractivity contribution is 5.78. The van der Waals surface area contributed by atoms with Crippen LogP contribution in [0.5, 0.6) is 5.75 Å². The zero-order valence-corrected chi connectivity index (χ0v) is 13.5. The number of amides is 1. The Kier molecular flexibility index (Phi) is 7.43. The number of carboxylic acid groups (broad SMARTS) is 1. The van der Waals surface area contributed by atoms with Crippen LogP contribution in [0.25, 0.3) is 0 Å². The average Bonchev–Trinajstić information content (AvgIpc) is 2.49. The van der Waals surface area contributed by atoms with Gasteiger partial charge in [-0.3, -0.25) is 9.59 Å². The largest absolute Gasteiger partial charge is 0.484 e. The molecule has 1 atom stereocenters. The van der Waals surface area contributed by atoms with Gasteiger partial charge >= 0.3 is 5.97 Å². The van der Waals surface area contributed by atoms with Gasteiger partial charge in [0.15, 0.2) is 6.61 Å². The molecule has 0 saturated heterocycles. The van der Waals surface area contributed by atoms with Crippen molar-refractivity contribution in [1.82, 2.24) is 5.32 Å². The molecule has 1 aromatic carbocycles. The van der Waals surface area contributed by atoms with Crippen LogP contribution in [0.15, 0.2) is 24.3 Å². The molecule has 0 aliphatic carbocycles. The Hall–Kier alpha value is -2.04. The van der Waals surface area contributed by atoms with Gasteiger partial charge in [-0.1, -0.05) is 39.3 Å². The third-order valence-electron chi connectivity index (χ3n) is 3.45. The SMILES string of the molecule is CCCC(CNC(=O)COc1ccc(C(C)C)cc1)C(=O)O. The summed E-state index contributed by atoms with van der Waals surface area (Å²) >= 11 is 0. The molecule has 0 radical (unpaired) electrons. The van der Waals surface area contributed by atoms with Gasteiger partial charge in [0.05, 0.1) is 5.92 Å². The lowest BCUT2D eigenvalue weighted by atomic mass is 10.0. The molecule has 0 fully saturated rings. The van der Waals surface area contributed by atoms with Crippen molar-refractivity contribution < 1.29 is 19.4 Å². The number of carboxylic acids is 1. The molecule has 22 heavy (non-hydrogen) atoms. The molecule has 0 heterocycles.